The Morgan fingerprint density at radius 3 is 2.70 bits per heavy atom. The van der Waals surface area contributed by atoms with E-state index in [-0.39, 0.29) is 0 Å². The number of nitrogens with one attached hydrogen (secondary N) is 1. The summed E-state index contributed by atoms with van der Waals surface area (Å²) in [7, 11) is 2.12. The molecule has 1 saturated carbocycles. The smallest absolute Gasteiger partial charge is 0.0576 e. The van der Waals surface area contributed by atoms with Crippen LogP contribution in [-0.2, 0) is 10.2 Å². The summed E-state index contributed by atoms with van der Waals surface area (Å²) in [5.41, 5.74) is 1.93. The summed E-state index contributed by atoms with van der Waals surface area (Å²) in [6.45, 7) is 0.980. The van der Waals surface area contributed by atoms with E-state index < -0.39 is 0 Å². The standard InChI is InChI=1S/C18H27NO/c1-19-17(11-5-9-16-10-6-14-20-16)18(12-13-18)15-7-3-2-4-8-15/h2-4,7-8,16-17,19H,5-6,9-14H2,1H3. The van der Waals surface area contributed by atoms with Gasteiger partial charge < -0.3 is 10.1 Å². The van der Waals surface area contributed by atoms with Crippen LogP contribution < -0.4 is 5.32 Å². The van der Waals surface area contributed by atoms with Gasteiger partial charge in [-0.2, -0.15) is 0 Å². The number of hydrogen-bond acceptors (Lipinski definition) is 2. The van der Waals surface area contributed by atoms with Gasteiger partial charge in [-0.05, 0) is 57.6 Å². The summed E-state index contributed by atoms with van der Waals surface area (Å²) in [5.74, 6) is 0. The highest BCUT2D eigenvalue weighted by Gasteiger charge is 2.49. The minimum absolute atomic E-state index is 0.409. The molecule has 110 valence electrons. The van der Waals surface area contributed by atoms with E-state index in [4.69, 9.17) is 4.74 Å². The molecule has 2 unspecified atom stereocenters. The Hall–Kier alpha value is -0.860. The average Bonchev–Trinajstić information content (AvgIpc) is 3.14. The minimum atomic E-state index is 0.409. The van der Waals surface area contributed by atoms with Crippen LogP contribution in [0.2, 0.25) is 0 Å². The molecule has 2 nitrogen and oxygen atoms in total. The number of rotatable bonds is 7. The van der Waals surface area contributed by atoms with Gasteiger partial charge in [0.25, 0.3) is 0 Å². The van der Waals surface area contributed by atoms with Gasteiger partial charge in [-0.15, -0.1) is 0 Å². The van der Waals surface area contributed by atoms with Gasteiger partial charge in [0, 0.05) is 18.1 Å². The highest BCUT2D eigenvalue weighted by Crippen LogP contribution is 2.52. The van der Waals surface area contributed by atoms with Gasteiger partial charge in [0.1, 0.15) is 0 Å². The van der Waals surface area contributed by atoms with Crippen molar-refractivity contribution in [3.8, 4) is 0 Å². The number of hydrogen-bond donors (Lipinski definition) is 1. The first-order valence-corrected chi connectivity index (χ1v) is 8.19. The van der Waals surface area contributed by atoms with Gasteiger partial charge in [-0.3, -0.25) is 0 Å². The largest absolute Gasteiger partial charge is 0.378 e. The van der Waals surface area contributed by atoms with Gasteiger partial charge in [-0.1, -0.05) is 30.3 Å². The van der Waals surface area contributed by atoms with Crippen LogP contribution in [0, 0.1) is 0 Å². The molecule has 1 heterocycles. The molecule has 1 saturated heterocycles. The Bertz CT molecular complexity index is 407. The molecule has 0 radical (unpaired) electrons. The Morgan fingerprint density at radius 2 is 2.10 bits per heavy atom. The molecular formula is C18H27NO. The van der Waals surface area contributed by atoms with Crippen LogP contribution in [0.3, 0.4) is 0 Å². The van der Waals surface area contributed by atoms with E-state index in [2.05, 4.69) is 42.7 Å². The maximum absolute atomic E-state index is 5.73. The molecule has 1 aliphatic carbocycles. The maximum Gasteiger partial charge on any atom is 0.0576 e. The van der Waals surface area contributed by atoms with Gasteiger partial charge in [-0.25, -0.2) is 0 Å². The van der Waals surface area contributed by atoms with Crippen LogP contribution in [0.15, 0.2) is 30.3 Å². The molecule has 2 aliphatic rings. The van der Waals surface area contributed by atoms with Crippen LogP contribution in [0.5, 0.6) is 0 Å². The maximum atomic E-state index is 5.73. The van der Waals surface area contributed by atoms with Crippen molar-refractivity contribution in [1.29, 1.82) is 0 Å². The second kappa shape index (κ2) is 6.28. The van der Waals surface area contributed by atoms with Crippen molar-refractivity contribution >= 4 is 0 Å². The van der Waals surface area contributed by atoms with Gasteiger partial charge >= 0.3 is 0 Å². The van der Waals surface area contributed by atoms with E-state index in [0.717, 1.165) is 6.61 Å². The van der Waals surface area contributed by atoms with E-state index in [0.29, 0.717) is 17.6 Å². The zero-order valence-electron chi connectivity index (χ0n) is 12.6. The Balaban J connectivity index is 1.56. The molecule has 0 bridgehead atoms. The van der Waals surface area contributed by atoms with Crippen molar-refractivity contribution < 1.29 is 4.74 Å². The minimum Gasteiger partial charge on any atom is -0.378 e. The Kier molecular flexibility index (Phi) is 4.42. The lowest BCUT2D eigenvalue weighted by Gasteiger charge is -2.27. The lowest BCUT2D eigenvalue weighted by atomic mass is 9.85. The number of likely N-dealkylation sites (N-methyl/N-ethyl adjacent to an activating group) is 1. The van der Waals surface area contributed by atoms with Crippen LogP contribution in [0.1, 0.15) is 50.5 Å². The van der Waals surface area contributed by atoms with E-state index >= 15 is 0 Å². The summed E-state index contributed by atoms with van der Waals surface area (Å²) in [4.78, 5) is 0. The molecule has 3 rings (SSSR count). The summed E-state index contributed by atoms with van der Waals surface area (Å²) >= 11 is 0. The fraction of sp³-hybridized carbons (Fsp3) is 0.667. The predicted octanol–water partition coefficient (Wildman–Crippen LogP) is 3.66. The second-order valence-electron chi connectivity index (χ2n) is 6.43. The summed E-state index contributed by atoms with van der Waals surface area (Å²) < 4.78 is 5.73. The topological polar surface area (TPSA) is 21.3 Å². The highest BCUT2D eigenvalue weighted by molar-refractivity contribution is 5.33. The lowest BCUT2D eigenvalue weighted by Crippen LogP contribution is -2.37. The molecule has 0 aromatic heterocycles. The third kappa shape index (κ3) is 2.91. The number of ether oxygens (including phenoxy) is 1. The molecule has 2 fully saturated rings. The lowest BCUT2D eigenvalue weighted by molar-refractivity contribution is 0.101. The zero-order chi connectivity index (χ0) is 13.8. The Morgan fingerprint density at radius 1 is 1.30 bits per heavy atom. The normalized spacial score (nSPS) is 25.6. The van der Waals surface area contributed by atoms with E-state index in [9.17, 15) is 0 Å². The monoisotopic (exact) mass is 273 g/mol. The fourth-order valence-corrected chi connectivity index (χ4v) is 3.86. The number of benzene rings is 1. The quantitative estimate of drug-likeness (QED) is 0.818. The molecule has 1 aliphatic heterocycles. The molecule has 1 aromatic carbocycles. The van der Waals surface area contributed by atoms with Crippen LogP contribution in [-0.4, -0.2) is 25.8 Å². The molecule has 2 atom stereocenters. The summed E-state index contributed by atoms with van der Waals surface area (Å²) in [5, 5.41) is 3.59. The molecule has 1 aromatic rings. The molecular weight excluding hydrogens is 246 g/mol. The molecule has 2 heteroatoms. The van der Waals surface area contributed by atoms with E-state index in [1.165, 1.54) is 50.5 Å². The first kappa shape index (κ1) is 14.1. The molecule has 20 heavy (non-hydrogen) atoms. The van der Waals surface area contributed by atoms with Gasteiger partial charge in [0.2, 0.25) is 0 Å². The first-order valence-electron chi connectivity index (χ1n) is 8.19. The SMILES string of the molecule is CNC(CCCC1CCCO1)C1(c2ccccc2)CC1. The summed E-state index contributed by atoms with van der Waals surface area (Å²) in [6, 6.07) is 11.7. The van der Waals surface area contributed by atoms with E-state index in [1.807, 2.05) is 0 Å². The van der Waals surface area contributed by atoms with Crippen molar-refractivity contribution in [2.24, 2.45) is 0 Å². The third-order valence-corrected chi connectivity index (χ3v) is 5.20. The Labute approximate surface area is 122 Å². The third-order valence-electron chi connectivity index (χ3n) is 5.20. The van der Waals surface area contributed by atoms with Crippen LogP contribution in [0.4, 0.5) is 0 Å². The van der Waals surface area contributed by atoms with Crippen molar-refractivity contribution in [2.45, 2.75) is 62.5 Å². The van der Waals surface area contributed by atoms with Crippen molar-refractivity contribution in [3.63, 3.8) is 0 Å². The average molecular weight is 273 g/mol. The van der Waals surface area contributed by atoms with Crippen molar-refractivity contribution in [2.75, 3.05) is 13.7 Å². The van der Waals surface area contributed by atoms with Gasteiger partial charge in [0.05, 0.1) is 6.10 Å². The van der Waals surface area contributed by atoms with Crippen LogP contribution >= 0.6 is 0 Å². The fourth-order valence-electron chi connectivity index (χ4n) is 3.86. The highest BCUT2D eigenvalue weighted by atomic mass is 16.5. The molecule has 0 spiro atoms. The van der Waals surface area contributed by atoms with E-state index in [1.54, 1.807) is 0 Å². The molecule has 0 amide bonds. The predicted molar refractivity (Wildman–Crippen MR) is 83.0 cm³/mol. The second-order valence-corrected chi connectivity index (χ2v) is 6.43. The zero-order valence-corrected chi connectivity index (χ0v) is 12.6. The van der Waals surface area contributed by atoms with Crippen molar-refractivity contribution in [3.05, 3.63) is 35.9 Å². The summed E-state index contributed by atoms with van der Waals surface area (Å²) in [6.07, 6.45) is 9.53. The molecule has 1 N–H and O–H groups in total. The van der Waals surface area contributed by atoms with Crippen molar-refractivity contribution in [1.82, 2.24) is 5.32 Å². The first-order chi connectivity index (χ1) is 9.85. The van der Waals surface area contributed by atoms with Crippen LogP contribution in [0.25, 0.3) is 0 Å². The van der Waals surface area contributed by atoms with Gasteiger partial charge in [0.15, 0.2) is 0 Å².